The van der Waals surface area contributed by atoms with Gasteiger partial charge < -0.3 is 13.6 Å². The molecule has 11 aromatic rings. The zero-order valence-corrected chi connectivity index (χ0v) is 37.2. The van der Waals surface area contributed by atoms with Gasteiger partial charge >= 0.3 is 0 Å². The van der Waals surface area contributed by atoms with Gasteiger partial charge in [-0.1, -0.05) is 139 Å². The van der Waals surface area contributed by atoms with Crippen LogP contribution in [0.1, 0.15) is 77.0 Å². The zero-order chi connectivity index (χ0) is 43.9. The lowest BCUT2D eigenvalue weighted by molar-refractivity contribution is 0.483. The monoisotopic (exact) mass is 835 g/mol. The summed E-state index contributed by atoms with van der Waals surface area (Å²) < 4.78 is 22.8. The molecule has 0 saturated heterocycles. The smallest absolute Gasteiger partial charge is 0.231 e. The van der Waals surface area contributed by atoms with Crippen LogP contribution in [0, 0.1) is 0 Å². The van der Waals surface area contributed by atoms with E-state index in [1.807, 2.05) is 42.6 Å². The van der Waals surface area contributed by atoms with Crippen molar-refractivity contribution in [1.29, 1.82) is 0 Å². The molecule has 11 rings (SSSR count). The quantitative estimate of drug-likeness (QED) is 0.153. The van der Waals surface area contributed by atoms with Crippen molar-refractivity contribution >= 4 is 54.8 Å². The first-order valence-corrected chi connectivity index (χ1v) is 22.3. The number of nitrogens with zero attached hydrogens (tertiary/aromatic N) is 3. The van der Waals surface area contributed by atoms with Gasteiger partial charge in [-0.15, -0.1) is 0 Å². The van der Waals surface area contributed by atoms with E-state index >= 15 is 0 Å². The molecule has 0 aliphatic rings. The molecule has 314 valence electrons. The van der Waals surface area contributed by atoms with Crippen LogP contribution < -0.4 is 4.74 Å². The van der Waals surface area contributed by atoms with E-state index in [1.54, 1.807) is 0 Å². The van der Waals surface area contributed by atoms with E-state index in [4.69, 9.17) is 23.5 Å². The van der Waals surface area contributed by atoms with Gasteiger partial charge in [0.25, 0.3) is 0 Å². The Morgan fingerprint density at radius 1 is 0.547 bits per heavy atom. The van der Waals surface area contributed by atoms with Crippen LogP contribution in [0.3, 0.4) is 0 Å². The van der Waals surface area contributed by atoms with Gasteiger partial charge in [0.15, 0.2) is 5.58 Å². The summed E-state index contributed by atoms with van der Waals surface area (Å²) in [4.78, 5) is 10.1. The van der Waals surface area contributed by atoms with Crippen LogP contribution in [0.25, 0.3) is 94.4 Å². The summed E-state index contributed by atoms with van der Waals surface area (Å²) in [5.74, 6) is 3.21. The molecule has 0 radical (unpaired) electrons. The SMILES string of the molecule is CC(C)c1cc(-c2ccccc2)cc(C(C)C)c1-c1cccc2nc(-c3cc(Oc4ccc5c6ccccc6n(-c6cc(C(C)(C)C)ccn6)c5c4)cc4c3oc3ccccc34)oc12. The Morgan fingerprint density at radius 2 is 1.27 bits per heavy atom. The lowest BCUT2D eigenvalue weighted by Crippen LogP contribution is -2.12. The summed E-state index contributed by atoms with van der Waals surface area (Å²) >= 11 is 0. The standard InChI is InChI=1S/C58H49N3O3/c1-34(2)45-28-37(36-16-9-8-10-17-36)29-46(35(3)4)54(45)44-20-15-21-49-56(44)64-57(60-49)48-32-40(31-47-43-19-12-14-23-52(43)63-55(47)48)62-39-24-25-42-41-18-11-13-22-50(41)61(51(42)33-39)53-30-38(26-27-59-53)58(5,6)7/h8-35H,1-7H3. The van der Waals surface area contributed by atoms with E-state index < -0.39 is 0 Å². The third-order valence-electron chi connectivity index (χ3n) is 12.6. The maximum absolute atomic E-state index is 6.99. The molecule has 6 heteroatoms. The van der Waals surface area contributed by atoms with Gasteiger partial charge in [-0.05, 0) is 105 Å². The number of aromatic nitrogens is 3. The Hall–Kier alpha value is -7.44. The normalized spacial score (nSPS) is 12.3. The number of fused-ring (bicyclic) bond motifs is 7. The minimum absolute atomic E-state index is 0.0310. The molecule has 0 aliphatic heterocycles. The number of rotatable bonds is 8. The maximum atomic E-state index is 6.99. The molecule has 0 spiro atoms. The van der Waals surface area contributed by atoms with E-state index in [-0.39, 0.29) is 17.3 Å². The highest BCUT2D eigenvalue weighted by Crippen LogP contribution is 2.46. The summed E-state index contributed by atoms with van der Waals surface area (Å²) in [5.41, 5.74) is 14.2. The largest absolute Gasteiger partial charge is 0.457 e. The van der Waals surface area contributed by atoms with Gasteiger partial charge in [-0.2, -0.15) is 0 Å². The second kappa shape index (κ2) is 15.1. The van der Waals surface area contributed by atoms with Crippen molar-refractivity contribution in [2.75, 3.05) is 0 Å². The molecule has 0 saturated carbocycles. The number of benzene rings is 7. The summed E-state index contributed by atoms with van der Waals surface area (Å²) in [6.45, 7) is 15.8. The number of hydrogen-bond donors (Lipinski definition) is 0. The fourth-order valence-corrected chi connectivity index (χ4v) is 9.39. The van der Waals surface area contributed by atoms with E-state index in [2.05, 4.69) is 168 Å². The van der Waals surface area contributed by atoms with Crippen molar-refractivity contribution in [3.63, 3.8) is 0 Å². The minimum atomic E-state index is -0.0310. The Labute approximate surface area is 372 Å². The van der Waals surface area contributed by atoms with Gasteiger partial charge in [0.05, 0.1) is 16.6 Å². The van der Waals surface area contributed by atoms with Crippen LogP contribution in [0.15, 0.2) is 167 Å². The maximum Gasteiger partial charge on any atom is 0.231 e. The zero-order valence-electron chi connectivity index (χ0n) is 37.2. The average Bonchev–Trinajstić information content (AvgIpc) is 4.00. The Morgan fingerprint density at radius 3 is 2.03 bits per heavy atom. The summed E-state index contributed by atoms with van der Waals surface area (Å²) in [7, 11) is 0. The summed E-state index contributed by atoms with van der Waals surface area (Å²) in [6.07, 6.45) is 1.91. The predicted octanol–water partition coefficient (Wildman–Crippen LogP) is 16.6. The molecule has 0 amide bonds. The number of ether oxygens (including phenoxy) is 1. The van der Waals surface area contributed by atoms with Crippen LogP contribution >= 0.6 is 0 Å². The van der Waals surface area contributed by atoms with Crippen LogP contribution in [-0.4, -0.2) is 14.5 Å². The molecule has 4 heterocycles. The topological polar surface area (TPSA) is 66.2 Å². The van der Waals surface area contributed by atoms with E-state index in [1.165, 1.54) is 33.4 Å². The van der Waals surface area contributed by atoms with Gasteiger partial charge in [0.1, 0.15) is 34.0 Å². The van der Waals surface area contributed by atoms with Crippen molar-refractivity contribution in [3.05, 3.63) is 175 Å². The number of para-hydroxylation sites is 3. The van der Waals surface area contributed by atoms with Gasteiger partial charge in [0.2, 0.25) is 5.89 Å². The molecular weight excluding hydrogens is 787 g/mol. The Bertz CT molecular complexity index is 3550. The summed E-state index contributed by atoms with van der Waals surface area (Å²) in [6, 6.07) is 52.9. The van der Waals surface area contributed by atoms with Crippen molar-refractivity contribution < 1.29 is 13.6 Å². The van der Waals surface area contributed by atoms with E-state index in [9.17, 15) is 0 Å². The van der Waals surface area contributed by atoms with Crippen molar-refractivity contribution in [2.45, 2.75) is 65.7 Å². The highest BCUT2D eigenvalue weighted by molar-refractivity contribution is 6.11. The lowest BCUT2D eigenvalue weighted by Gasteiger charge is -2.22. The highest BCUT2D eigenvalue weighted by atomic mass is 16.5. The van der Waals surface area contributed by atoms with Crippen molar-refractivity contribution in [3.8, 4) is 51.0 Å². The third kappa shape index (κ3) is 6.64. The van der Waals surface area contributed by atoms with E-state index in [0.29, 0.717) is 23.0 Å². The summed E-state index contributed by atoms with van der Waals surface area (Å²) in [5, 5.41) is 4.19. The van der Waals surface area contributed by atoms with Crippen LogP contribution in [0.2, 0.25) is 0 Å². The van der Waals surface area contributed by atoms with Crippen molar-refractivity contribution in [1.82, 2.24) is 14.5 Å². The van der Waals surface area contributed by atoms with Crippen LogP contribution in [0.5, 0.6) is 11.5 Å². The molecule has 0 aliphatic carbocycles. The number of hydrogen-bond acceptors (Lipinski definition) is 5. The lowest BCUT2D eigenvalue weighted by atomic mass is 9.82. The fourth-order valence-electron chi connectivity index (χ4n) is 9.39. The molecule has 0 bridgehead atoms. The van der Waals surface area contributed by atoms with Gasteiger partial charge in [-0.25, -0.2) is 9.97 Å². The second-order valence-corrected chi connectivity index (χ2v) is 18.6. The molecule has 0 N–H and O–H groups in total. The first-order chi connectivity index (χ1) is 31.0. The third-order valence-corrected chi connectivity index (χ3v) is 12.6. The first kappa shape index (κ1) is 39.4. The first-order valence-electron chi connectivity index (χ1n) is 22.3. The molecule has 0 atom stereocenters. The average molecular weight is 836 g/mol. The number of oxazole rings is 1. The van der Waals surface area contributed by atoms with Crippen LogP contribution in [-0.2, 0) is 5.41 Å². The molecule has 7 aromatic carbocycles. The van der Waals surface area contributed by atoms with Gasteiger partial charge in [0, 0.05) is 39.4 Å². The molecular formula is C58H49N3O3. The second-order valence-electron chi connectivity index (χ2n) is 18.6. The molecule has 4 aromatic heterocycles. The van der Waals surface area contributed by atoms with Crippen LogP contribution in [0.4, 0.5) is 0 Å². The number of furan rings is 1. The number of pyridine rings is 1. The predicted molar refractivity (Wildman–Crippen MR) is 263 cm³/mol. The van der Waals surface area contributed by atoms with Crippen molar-refractivity contribution in [2.24, 2.45) is 0 Å². The Balaban J connectivity index is 1.07. The molecule has 6 nitrogen and oxygen atoms in total. The van der Waals surface area contributed by atoms with E-state index in [0.717, 1.165) is 66.2 Å². The molecule has 64 heavy (non-hydrogen) atoms. The van der Waals surface area contributed by atoms with Gasteiger partial charge in [-0.3, -0.25) is 4.57 Å². The molecule has 0 fully saturated rings. The highest BCUT2D eigenvalue weighted by Gasteiger charge is 2.25. The molecule has 0 unspecified atom stereocenters. The fraction of sp³-hybridized carbons (Fsp3) is 0.172. The minimum Gasteiger partial charge on any atom is -0.457 e. The Kier molecular flexibility index (Phi) is 9.32.